The van der Waals surface area contributed by atoms with Crippen LogP contribution in [0.4, 0.5) is 17.1 Å². The second-order valence-corrected chi connectivity index (χ2v) is 4.64. The smallest absolute Gasteiger partial charge is 0.315 e. The molecule has 0 radical (unpaired) electrons. The number of nitrogens with zero attached hydrogens (tertiary/aromatic N) is 1. The number of nitro benzene ring substituents is 1. The number of para-hydroxylation sites is 1. The minimum atomic E-state index is -0.705. The van der Waals surface area contributed by atoms with Crippen LogP contribution in [0.1, 0.15) is 19.3 Å². The lowest BCUT2D eigenvalue weighted by Gasteiger charge is -2.36. The lowest BCUT2D eigenvalue weighted by molar-refractivity contribution is -0.383. The van der Waals surface area contributed by atoms with E-state index in [0.717, 1.165) is 19.3 Å². The van der Waals surface area contributed by atoms with E-state index in [-0.39, 0.29) is 5.69 Å². The van der Waals surface area contributed by atoms with Gasteiger partial charge in [-0.15, -0.1) is 0 Å². The van der Waals surface area contributed by atoms with E-state index in [9.17, 15) is 15.2 Å². The molecule has 0 spiro atoms. The third-order valence-corrected chi connectivity index (χ3v) is 3.38. The van der Waals surface area contributed by atoms with Gasteiger partial charge in [0.05, 0.1) is 10.5 Å². The Hall–Kier alpha value is -1.82. The van der Waals surface area contributed by atoms with E-state index in [1.54, 1.807) is 25.2 Å². The maximum atomic E-state index is 11.1. The molecule has 98 valence electrons. The fraction of sp³-hybridized carbons (Fsp3) is 0.500. The standard InChI is InChI=1S/C12H17N3O3/c1-13-9-4-2-5-10(11(9)15(17)18)14-8-12(16)6-3-7-12/h2,4-5,13-14,16H,3,6-8H2,1H3. The van der Waals surface area contributed by atoms with Crippen molar-refractivity contribution < 1.29 is 10.0 Å². The van der Waals surface area contributed by atoms with E-state index in [2.05, 4.69) is 10.6 Å². The number of benzene rings is 1. The fourth-order valence-electron chi connectivity index (χ4n) is 2.11. The first-order valence-electron chi connectivity index (χ1n) is 5.97. The van der Waals surface area contributed by atoms with Gasteiger partial charge >= 0.3 is 5.69 Å². The quantitative estimate of drug-likeness (QED) is 0.550. The molecule has 6 nitrogen and oxygen atoms in total. The van der Waals surface area contributed by atoms with Crippen molar-refractivity contribution in [1.29, 1.82) is 0 Å². The van der Waals surface area contributed by atoms with E-state index in [1.165, 1.54) is 0 Å². The minimum absolute atomic E-state index is 0.0166. The molecule has 6 heteroatoms. The average molecular weight is 251 g/mol. The SMILES string of the molecule is CNc1cccc(NCC2(O)CCC2)c1[N+](=O)[O-]. The van der Waals surface area contributed by atoms with Gasteiger partial charge in [-0.2, -0.15) is 0 Å². The second-order valence-electron chi connectivity index (χ2n) is 4.64. The minimum Gasteiger partial charge on any atom is -0.388 e. The molecule has 1 aromatic carbocycles. The van der Waals surface area contributed by atoms with E-state index < -0.39 is 10.5 Å². The predicted octanol–water partition coefficient (Wildman–Crippen LogP) is 1.96. The van der Waals surface area contributed by atoms with E-state index in [4.69, 9.17) is 0 Å². The van der Waals surface area contributed by atoms with Gasteiger partial charge in [-0.25, -0.2) is 0 Å². The summed E-state index contributed by atoms with van der Waals surface area (Å²) >= 11 is 0. The molecule has 0 amide bonds. The highest BCUT2D eigenvalue weighted by Crippen LogP contribution is 2.35. The highest BCUT2D eigenvalue weighted by atomic mass is 16.6. The molecule has 0 unspecified atom stereocenters. The van der Waals surface area contributed by atoms with E-state index in [1.807, 2.05) is 0 Å². The van der Waals surface area contributed by atoms with Gasteiger partial charge in [-0.05, 0) is 31.4 Å². The Balaban J connectivity index is 2.18. The molecule has 1 saturated carbocycles. The van der Waals surface area contributed by atoms with Crippen molar-refractivity contribution in [2.24, 2.45) is 0 Å². The molecule has 18 heavy (non-hydrogen) atoms. The Kier molecular flexibility index (Phi) is 3.38. The van der Waals surface area contributed by atoms with Crippen molar-refractivity contribution in [2.75, 3.05) is 24.2 Å². The zero-order valence-electron chi connectivity index (χ0n) is 10.3. The normalized spacial score (nSPS) is 16.8. The van der Waals surface area contributed by atoms with E-state index >= 15 is 0 Å². The maximum Gasteiger partial charge on any atom is 0.315 e. The lowest BCUT2D eigenvalue weighted by atomic mass is 9.80. The molecule has 0 bridgehead atoms. The van der Waals surface area contributed by atoms with Crippen LogP contribution >= 0.6 is 0 Å². The second kappa shape index (κ2) is 4.81. The molecule has 3 N–H and O–H groups in total. The molecule has 1 aromatic rings. The molecule has 2 rings (SSSR count). The first-order chi connectivity index (χ1) is 8.56. The van der Waals surface area contributed by atoms with E-state index in [0.29, 0.717) is 17.9 Å². The summed E-state index contributed by atoms with van der Waals surface area (Å²) in [6.45, 7) is 0.348. The van der Waals surface area contributed by atoms with Gasteiger partial charge in [-0.3, -0.25) is 10.1 Å². The summed E-state index contributed by atoms with van der Waals surface area (Å²) in [5.74, 6) is 0. The largest absolute Gasteiger partial charge is 0.388 e. The highest BCUT2D eigenvalue weighted by molar-refractivity contribution is 5.76. The Labute approximate surface area is 105 Å². The first kappa shape index (κ1) is 12.6. The molecule has 0 heterocycles. The van der Waals surface area contributed by atoms with Crippen LogP contribution in [0.2, 0.25) is 0 Å². The Morgan fingerprint density at radius 3 is 2.61 bits per heavy atom. The molecule has 0 saturated heterocycles. The summed E-state index contributed by atoms with van der Waals surface area (Å²) in [5.41, 5.74) is 0.212. The molecule has 1 aliphatic rings. The summed E-state index contributed by atoms with van der Waals surface area (Å²) in [4.78, 5) is 10.7. The summed E-state index contributed by atoms with van der Waals surface area (Å²) in [7, 11) is 1.64. The monoisotopic (exact) mass is 251 g/mol. The Morgan fingerprint density at radius 2 is 2.11 bits per heavy atom. The van der Waals surface area contributed by atoms with Crippen LogP contribution in [0.25, 0.3) is 0 Å². The van der Waals surface area contributed by atoms with Crippen LogP contribution in [-0.2, 0) is 0 Å². The number of nitrogens with one attached hydrogen (secondary N) is 2. The summed E-state index contributed by atoms with van der Waals surface area (Å²) in [6.07, 6.45) is 2.51. The fourth-order valence-corrected chi connectivity index (χ4v) is 2.11. The van der Waals surface area contributed by atoms with Crippen LogP contribution in [0.5, 0.6) is 0 Å². The van der Waals surface area contributed by atoms with Crippen LogP contribution in [0.15, 0.2) is 18.2 Å². The van der Waals surface area contributed by atoms with Gasteiger partial charge in [0.15, 0.2) is 0 Å². The van der Waals surface area contributed by atoms with Gasteiger partial charge < -0.3 is 15.7 Å². The highest BCUT2D eigenvalue weighted by Gasteiger charge is 2.34. The van der Waals surface area contributed by atoms with Gasteiger partial charge in [-0.1, -0.05) is 6.07 Å². The van der Waals surface area contributed by atoms with Crippen molar-refractivity contribution in [3.63, 3.8) is 0 Å². The predicted molar refractivity (Wildman–Crippen MR) is 69.9 cm³/mol. The number of rotatable bonds is 5. The molecule has 1 fully saturated rings. The average Bonchev–Trinajstić information content (AvgIpc) is 2.33. The molecule has 0 atom stereocenters. The van der Waals surface area contributed by atoms with Gasteiger partial charge in [0, 0.05) is 13.6 Å². The van der Waals surface area contributed by atoms with Crippen LogP contribution in [0, 0.1) is 10.1 Å². The topological polar surface area (TPSA) is 87.4 Å². The summed E-state index contributed by atoms with van der Waals surface area (Å²) in [5, 5.41) is 26.8. The summed E-state index contributed by atoms with van der Waals surface area (Å²) < 4.78 is 0. The van der Waals surface area contributed by atoms with Crippen molar-refractivity contribution in [3.05, 3.63) is 28.3 Å². The summed E-state index contributed by atoms with van der Waals surface area (Å²) in [6, 6.07) is 5.05. The molecular formula is C12H17N3O3. The number of anilines is 2. The van der Waals surface area contributed by atoms with Gasteiger partial charge in [0.1, 0.15) is 11.4 Å². The van der Waals surface area contributed by atoms with Crippen LogP contribution in [-0.4, -0.2) is 29.2 Å². The van der Waals surface area contributed by atoms with Crippen molar-refractivity contribution >= 4 is 17.1 Å². The van der Waals surface area contributed by atoms with Crippen molar-refractivity contribution in [1.82, 2.24) is 0 Å². The Bertz CT molecular complexity index is 458. The zero-order chi connectivity index (χ0) is 13.2. The zero-order valence-corrected chi connectivity index (χ0v) is 10.3. The van der Waals surface area contributed by atoms with Crippen LogP contribution < -0.4 is 10.6 Å². The first-order valence-corrected chi connectivity index (χ1v) is 5.97. The number of hydrogen-bond acceptors (Lipinski definition) is 5. The third-order valence-electron chi connectivity index (χ3n) is 3.38. The molecule has 0 aromatic heterocycles. The van der Waals surface area contributed by atoms with Gasteiger partial charge in [0.2, 0.25) is 0 Å². The molecule has 1 aliphatic carbocycles. The number of aliphatic hydroxyl groups is 1. The molecule has 0 aliphatic heterocycles. The number of nitro groups is 1. The van der Waals surface area contributed by atoms with Crippen molar-refractivity contribution in [2.45, 2.75) is 24.9 Å². The third kappa shape index (κ3) is 2.38. The number of hydrogen-bond donors (Lipinski definition) is 3. The van der Waals surface area contributed by atoms with Gasteiger partial charge in [0.25, 0.3) is 0 Å². The Morgan fingerprint density at radius 1 is 1.44 bits per heavy atom. The maximum absolute atomic E-state index is 11.1. The van der Waals surface area contributed by atoms with Crippen LogP contribution in [0.3, 0.4) is 0 Å². The molecular weight excluding hydrogens is 234 g/mol. The lowest BCUT2D eigenvalue weighted by Crippen LogP contribution is -2.43. The van der Waals surface area contributed by atoms with Crippen molar-refractivity contribution in [3.8, 4) is 0 Å².